The average Bonchev–Trinajstić information content (AvgIpc) is 3.00. The number of fused-ring (bicyclic) bond motifs is 1. The van der Waals surface area contributed by atoms with Gasteiger partial charge in [-0.3, -0.25) is 23.5 Å². The number of amides is 2. The molecular weight excluding hydrogens is 552 g/mol. The Labute approximate surface area is 247 Å². The zero-order valence-electron chi connectivity index (χ0n) is 23.0. The molecule has 0 spiro atoms. The highest BCUT2D eigenvalue weighted by Crippen LogP contribution is 2.13. The maximum Gasteiger partial charge on any atom is 0.332 e. The standard InChI is InChI=1S/C33H29ClN4O4/c1-22-6-16-27(17-7-22)36-30(39)21-37-29-5-3-2-4-28(29)32(41)38(33(37)42)20-24-8-12-25(13-9-24)31(40)35-19-18-23-10-14-26(34)15-11-23/h2-17H,18-21H2,1H3,(H,35,40)(H,36,39). The number of carbonyl (C=O) groups excluding carboxylic acids is 2. The van der Waals surface area contributed by atoms with Gasteiger partial charge in [-0.15, -0.1) is 0 Å². The van der Waals surface area contributed by atoms with Gasteiger partial charge in [-0.1, -0.05) is 65.7 Å². The first-order valence-corrected chi connectivity index (χ1v) is 13.9. The molecule has 0 saturated carbocycles. The highest BCUT2D eigenvalue weighted by Gasteiger charge is 2.16. The van der Waals surface area contributed by atoms with Crippen molar-refractivity contribution in [2.75, 3.05) is 11.9 Å². The van der Waals surface area contributed by atoms with Crippen LogP contribution < -0.4 is 21.9 Å². The molecule has 0 aliphatic rings. The predicted octanol–water partition coefficient (Wildman–Crippen LogP) is 4.78. The Kier molecular flexibility index (Phi) is 8.64. The van der Waals surface area contributed by atoms with E-state index in [0.717, 1.165) is 15.7 Å². The maximum absolute atomic E-state index is 13.5. The van der Waals surface area contributed by atoms with E-state index in [1.165, 1.54) is 4.57 Å². The van der Waals surface area contributed by atoms with Crippen LogP contribution in [-0.2, 0) is 24.3 Å². The zero-order valence-corrected chi connectivity index (χ0v) is 23.7. The number of aromatic nitrogens is 2. The molecule has 4 aromatic carbocycles. The summed E-state index contributed by atoms with van der Waals surface area (Å²) in [4.78, 5) is 52.4. The van der Waals surface area contributed by atoms with Crippen molar-refractivity contribution in [2.45, 2.75) is 26.4 Å². The number of rotatable bonds is 9. The van der Waals surface area contributed by atoms with E-state index in [9.17, 15) is 19.2 Å². The van der Waals surface area contributed by atoms with Crippen LogP contribution in [0.25, 0.3) is 10.9 Å². The lowest BCUT2D eigenvalue weighted by atomic mass is 10.1. The number of halogens is 1. The van der Waals surface area contributed by atoms with Gasteiger partial charge in [-0.25, -0.2) is 4.79 Å². The minimum Gasteiger partial charge on any atom is -0.352 e. The van der Waals surface area contributed by atoms with Crippen LogP contribution in [0.4, 0.5) is 5.69 Å². The number of nitrogens with zero attached hydrogens (tertiary/aromatic N) is 2. The highest BCUT2D eigenvalue weighted by atomic mass is 35.5. The van der Waals surface area contributed by atoms with Crippen LogP contribution in [0.15, 0.2) is 107 Å². The fourth-order valence-electron chi connectivity index (χ4n) is 4.66. The van der Waals surface area contributed by atoms with E-state index in [1.54, 1.807) is 60.7 Å². The Morgan fingerprint density at radius 3 is 2.17 bits per heavy atom. The number of para-hydroxylation sites is 1. The molecule has 0 radical (unpaired) electrons. The second-order valence-corrected chi connectivity index (χ2v) is 10.5. The summed E-state index contributed by atoms with van der Waals surface area (Å²) in [6.45, 7) is 2.14. The zero-order chi connectivity index (χ0) is 29.6. The van der Waals surface area contributed by atoms with E-state index in [4.69, 9.17) is 11.6 Å². The van der Waals surface area contributed by atoms with Crippen LogP contribution >= 0.6 is 11.6 Å². The number of anilines is 1. The first-order chi connectivity index (χ1) is 20.3. The van der Waals surface area contributed by atoms with Gasteiger partial charge < -0.3 is 10.6 Å². The van der Waals surface area contributed by atoms with E-state index >= 15 is 0 Å². The Bertz CT molecular complexity index is 1860. The molecule has 9 heteroatoms. The van der Waals surface area contributed by atoms with Gasteiger partial charge in [0.05, 0.1) is 17.4 Å². The predicted molar refractivity (Wildman–Crippen MR) is 165 cm³/mol. The van der Waals surface area contributed by atoms with Gasteiger partial charge in [0.25, 0.3) is 11.5 Å². The number of nitrogens with one attached hydrogen (secondary N) is 2. The van der Waals surface area contributed by atoms with Crippen LogP contribution in [-0.4, -0.2) is 27.5 Å². The molecule has 42 heavy (non-hydrogen) atoms. The molecule has 0 atom stereocenters. The molecule has 0 bridgehead atoms. The summed E-state index contributed by atoms with van der Waals surface area (Å²) >= 11 is 5.92. The Morgan fingerprint density at radius 2 is 1.45 bits per heavy atom. The summed E-state index contributed by atoms with van der Waals surface area (Å²) in [5.74, 6) is -0.608. The molecule has 2 N–H and O–H groups in total. The minimum atomic E-state index is -0.596. The summed E-state index contributed by atoms with van der Waals surface area (Å²) in [7, 11) is 0. The molecule has 0 aliphatic carbocycles. The van der Waals surface area contributed by atoms with Crippen LogP contribution in [0.2, 0.25) is 5.02 Å². The Hall–Kier alpha value is -4.95. The monoisotopic (exact) mass is 580 g/mol. The van der Waals surface area contributed by atoms with Crippen molar-refractivity contribution in [1.29, 1.82) is 0 Å². The first-order valence-electron chi connectivity index (χ1n) is 13.5. The second-order valence-electron chi connectivity index (χ2n) is 10.0. The fourth-order valence-corrected chi connectivity index (χ4v) is 4.79. The lowest BCUT2D eigenvalue weighted by Gasteiger charge is -2.14. The summed E-state index contributed by atoms with van der Waals surface area (Å²) in [6, 6.07) is 28.3. The molecule has 1 aromatic heterocycles. The lowest BCUT2D eigenvalue weighted by molar-refractivity contribution is -0.116. The molecule has 0 saturated heterocycles. The van der Waals surface area contributed by atoms with Gasteiger partial charge in [0, 0.05) is 22.8 Å². The molecule has 1 heterocycles. The largest absolute Gasteiger partial charge is 0.352 e. The van der Waals surface area contributed by atoms with E-state index in [-0.39, 0.29) is 24.9 Å². The van der Waals surface area contributed by atoms with E-state index in [2.05, 4.69) is 10.6 Å². The van der Waals surface area contributed by atoms with Crippen molar-refractivity contribution in [2.24, 2.45) is 0 Å². The van der Waals surface area contributed by atoms with Gasteiger partial charge in [0.1, 0.15) is 6.54 Å². The molecular formula is C33H29ClN4O4. The molecule has 5 rings (SSSR count). The van der Waals surface area contributed by atoms with Crippen molar-refractivity contribution in [3.8, 4) is 0 Å². The normalized spacial score (nSPS) is 10.9. The molecule has 8 nitrogen and oxygen atoms in total. The van der Waals surface area contributed by atoms with Gasteiger partial charge in [0.15, 0.2) is 0 Å². The number of hydrogen-bond donors (Lipinski definition) is 2. The van der Waals surface area contributed by atoms with Gasteiger partial charge in [-0.05, 0) is 73.0 Å². The summed E-state index contributed by atoms with van der Waals surface area (Å²) in [5.41, 5.74) is 3.21. The van der Waals surface area contributed by atoms with Crippen LogP contribution in [0.3, 0.4) is 0 Å². The quantitative estimate of drug-likeness (QED) is 0.262. The fraction of sp³-hybridized carbons (Fsp3) is 0.152. The SMILES string of the molecule is Cc1ccc(NC(=O)Cn2c(=O)n(Cc3ccc(C(=O)NCCc4ccc(Cl)cc4)cc3)c(=O)c3ccccc32)cc1. The Morgan fingerprint density at radius 1 is 0.786 bits per heavy atom. The van der Waals surface area contributed by atoms with E-state index in [0.29, 0.717) is 45.7 Å². The van der Waals surface area contributed by atoms with Crippen molar-refractivity contribution in [3.05, 3.63) is 145 Å². The molecule has 0 fully saturated rings. The molecule has 0 unspecified atom stereocenters. The van der Waals surface area contributed by atoms with Crippen LogP contribution in [0.5, 0.6) is 0 Å². The molecule has 2 amide bonds. The maximum atomic E-state index is 13.5. The summed E-state index contributed by atoms with van der Waals surface area (Å²) in [5, 5.41) is 6.70. The molecule has 0 aliphatic heterocycles. The van der Waals surface area contributed by atoms with Crippen LogP contribution in [0.1, 0.15) is 27.0 Å². The lowest BCUT2D eigenvalue weighted by Crippen LogP contribution is -2.42. The number of hydrogen-bond acceptors (Lipinski definition) is 4. The third kappa shape index (κ3) is 6.67. The minimum absolute atomic E-state index is 0.0133. The smallest absolute Gasteiger partial charge is 0.332 e. The number of benzene rings is 4. The second kappa shape index (κ2) is 12.7. The molecule has 5 aromatic rings. The molecule has 212 valence electrons. The number of carbonyl (C=O) groups is 2. The highest BCUT2D eigenvalue weighted by molar-refractivity contribution is 6.30. The van der Waals surface area contributed by atoms with Crippen molar-refractivity contribution in [1.82, 2.24) is 14.5 Å². The van der Waals surface area contributed by atoms with E-state index in [1.807, 2.05) is 43.3 Å². The van der Waals surface area contributed by atoms with Gasteiger partial charge in [0.2, 0.25) is 5.91 Å². The third-order valence-corrected chi connectivity index (χ3v) is 7.19. The van der Waals surface area contributed by atoms with Crippen molar-refractivity contribution in [3.63, 3.8) is 0 Å². The van der Waals surface area contributed by atoms with Gasteiger partial charge in [-0.2, -0.15) is 0 Å². The topological polar surface area (TPSA) is 102 Å². The third-order valence-electron chi connectivity index (χ3n) is 6.94. The number of aryl methyl sites for hydroxylation is 1. The van der Waals surface area contributed by atoms with E-state index < -0.39 is 11.2 Å². The summed E-state index contributed by atoms with van der Waals surface area (Å²) < 4.78 is 2.42. The van der Waals surface area contributed by atoms with Crippen molar-refractivity contribution < 1.29 is 9.59 Å². The summed E-state index contributed by atoms with van der Waals surface area (Å²) in [6.07, 6.45) is 0.668. The Balaban J connectivity index is 1.32. The van der Waals surface area contributed by atoms with Crippen molar-refractivity contribution >= 4 is 40.0 Å². The average molecular weight is 581 g/mol. The van der Waals surface area contributed by atoms with Crippen LogP contribution in [0, 0.1) is 6.92 Å². The first kappa shape index (κ1) is 28.6. The van der Waals surface area contributed by atoms with Gasteiger partial charge >= 0.3 is 5.69 Å².